The summed E-state index contributed by atoms with van der Waals surface area (Å²) in [6.07, 6.45) is 0.613. The van der Waals surface area contributed by atoms with E-state index in [1.807, 2.05) is 18.2 Å². The van der Waals surface area contributed by atoms with Crippen LogP contribution >= 0.6 is 11.6 Å². The summed E-state index contributed by atoms with van der Waals surface area (Å²) in [5.41, 5.74) is 6.44. The third kappa shape index (κ3) is 5.28. The second-order valence-electron chi connectivity index (χ2n) is 3.90. The summed E-state index contributed by atoms with van der Waals surface area (Å²) < 4.78 is 4.66. The largest absolute Gasteiger partial charge is 0.464 e. The van der Waals surface area contributed by atoms with Crippen LogP contribution in [0.25, 0.3) is 0 Å². The van der Waals surface area contributed by atoms with Crippen LogP contribution in [0.5, 0.6) is 0 Å². The number of amides is 1. The average molecular weight is 285 g/mol. The smallest absolute Gasteiger partial charge is 0.332 e. The molecule has 6 heteroatoms. The van der Waals surface area contributed by atoms with Crippen molar-refractivity contribution in [3.8, 4) is 0 Å². The highest BCUT2D eigenvalue weighted by Crippen LogP contribution is 2.10. The van der Waals surface area contributed by atoms with Gasteiger partial charge >= 0.3 is 5.97 Å². The lowest BCUT2D eigenvalue weighted by Gasteiger charge is -2.11. The molecule has 19 heavy (non-hydrogen) atoms. The molecule has 0 heterocycles. The molecule has 3 N–H and O–H groups in total. The summed E-state index contributed by atoms with van der Waals surface area (Å²) >= 11 is 5.84. The quantitative estimate of drug-likeness (QED) is 0.600. The van der Waals surface area contributed by atoms with Gasteiger partial charge in [0.1, 0.15) is 0 Å². The Morgan fingerprint density at radius 1 is 1.47 bits per heavy atom. The summed E-state index contributed by atoms with van der Waals surface area (Å²) in [6.45, 7) is 2.23. The third-order valence-corrected chi connectivity index (χ3v) is 2.66. The molecule has 1 atom stereocenters. The molecule has 0 aliphatic rings. The molecule has 1 rings (SSSR count). The maximum atomic E-state index is 11.6. The third-order valence-electron chi connectivity index (χ3n) is 2.42. The van der Waals surface area contributed by atoms with E-state index in [-0.39, 0.29) is 6.61 Å². The van der Waals surface area contributed by atoms with E-state index in [0.29, 0.717) is 18.0 Å². The highest BCUT2D eigenvalue weighted by Gasteiger charge is 2.22. The Morgan fingerprint density at radius 3 is 2.84 bits per heavy atom. The van der Waals surface area contributed by atoms with E-state index in [1.165, 1.54) is 0 Å². The number of rotatable bonds is 6. The summed E-state index contributed by atoms with van der Waals surface area (Å²) in [4.78, 5) is 22.8. The highest BCUT2D eigenvalue weighted by atomic mass is 35.5. The van der Waals surface area contributed by atoms with Crippen LogP contribution in [-0.4, -0.2) is 31.1 Å². The maximum Gasteiger partial charge on any atom is 0.332 e. The van der Waals surface area contributed by atoms with E-state index in [0.717, 1.165) is 5.56 Å². The number of nitrogens with two attached hydrogens (primary N) is 1. The second kappa shape index (κ2) is 7.76. The van der Waals surface area contributed by atoms with Crippen molar-refractivity contribution in [2.45, 2.75) is 19.4 Å². The zero-order valence-electron chi connectivity index (χ0n) is 10.7. The summed E-state index contributed by atoms with van der Waals surface area (Å²) in [6, 6.07) is 6.06. The fourth-order valence-electron chi connectivity index (χ4n) is 1.47. The van der Waals surface area contributed by atoms with E-state index in [9.17, 15) is 9.59 Å². The Morgan fingerprint density at radius 2 is 2.21 bits per heavy atom. The number of halogens is 1. The molecular formula is C13H17ClN2O3. The SMILES string of the molecule is CCOC(=O)C(N)C(=O)NCCc1cccc(Cl)c1. The van der Waals surface area contributed by atoms with Crippen molar-refractivity contribution in [1.29, 1.82) is 0 Å². The summed E-state index contributed by atoms with van der Waals surface area (Å²) in [5.74, 6) is -1.26. The van der Waals surface area contributed by atoms with Gasteiger partial charge in [0.15, 0.2) is 6.04 Å². The molecule has 0 aliphatic carbocycles. The Hall–Kier alpha value is -1.59. The van der Waals surface area contributed by atoms with Crippen LogP contribution in [0.3, 0.4) is 0 Å². The predicted octanol–water partition coefficient (Wildman–Crippen LogP) is 0.889. The van der Waals surface area contributed by atoms with Gasteiger partial charge in [-0.15, -0.1) is 0 Å². The van der Waals surface area contributed by atoms with Gasteiger partial charge in [0, 0.05) is 11.6 Å². The van der Waals surface area contributed by atoms with Gasteiger partial charge in [-0.3, -0.25) is 4.79 Å². The molecule has 0 fully saturated rings. The molecule has 0 saturated carbocycles. The van der Waals surface area contributed by atoms with E-state index in [1.54, 1.807) is 13.0 Å². The molecule has 0 bridgehead atoms. The monoisotopic (exact) mass is 284 g/mol. The molecule has 1 amide bonds. The van der Waals surface area contributed by atoms with Crippen LogP contribution in [-0.2, 0) is 20.7 Å². The minimum Gasteiger partial charge on any atom is -0.464 e. The standard InChI is InChI=1S/C13H17ClN2O3/c1-2-19-13(18)11(15)12(17)16-7-6-9-4-3-5-10(14)8-9/h3-5,8,11H,2,6-7,15H2,1H3,(H,16,17). The fraction of sp³-hybridized carbons (Fsp3) is 0.385. The van der Waals surface area contributed by atoms with E-state index in [4.69, 9.17) is 17.3 Å². The number of esters is 1. The molecule has 0 radical (unpaired) electrons. The molecule has 1 aromatic rings. The van der Waals surface area contributed by atoms with Crippen LogP contribution in [0.15, 0.2) is 24.3 Å². The molecule has 104 valence electrons. The summed E-state index contributed by atoms with van der Waals surface area (Å²) in [7, 11) is 0. The van der Waals surface area contributed by atoms with Crippen molar-refractivity contribution in [2.24, 2.45) is 5.73 Å². The van der Waals surface area contributed by atoms with Gasteiger partial charge in [-0.05, 0) is 31.0 Å². The van der Waals surface area contributed by atoms with Crippen LogP contribution in [0.4, 0.5) is 0 Å². The van der Waals surface area contributed by atoms with Crippen LogP contribution in [0.2, 0.25) is 5.02 Å². The van der Waals surface area contributed by atoms with Crippen molar-refractivity contribution in [1.82, 2.24) is 5.32 Å². The molecule has 0 saturated heterocycles. The van der Waals surface area contributed by atoms with Crippen molar-refractivity contribution >= 4 is 23.5 Å². The zero-order chi connectivity index (χ0) is 14.3. The van der Waals surface area contributed by atoms with Gasteiger partial charge in [0.2, 0.25) is 5.91 Å². The number of carbonyl (C=O) groups excluding carboxylic acids is 2. The Kier molecular flexibility index (Phi) is 6.32. The van der Waals surface area contributed by atoms with Crippen molar-refractivity contribution in [2.75, 3.05) is 13.2 Å². The van der Waals surface area contributed by atoms with Gasteiger partial charge < -0.3 is 15.8 Å². The van der Waals surface area contributed by atoms with Crippen molar-refractivity contribution in [3.05, 3.63) is 34.9 Å². The predicted molar refractivity (Wildman–Crippen MR) is 72.8 cm³/mol. The number of hydrogen-bond donors (Lipinski definition) is 2. The lowest BCUT2D eigenvalue weighted by molar-refractivity contribution is -0.147. The number of benzene rings is 1. The normalized spacial score (nSPS) is 11.7. The van der Waals surface area contributed by atoms with E-state index >= 15 is 0 Å². The van der Waals surface area contributed by atoms with Crippen molar-refractivity contribution < 1.29 is 14.3 Å². The Bertz CT molecular complexity index is 451. The molecule has 0 aromatic heterocycles. The minimum absolute atomic E-state index is 0.197. The average Bonchev–Trinajstić information content (AvgIpc) is 2.38. The summed E-state index contributed by atoms with van der Waals surface area (Å²) in [5, 5.41) is 3.23. The number of carbonyl (C=O) groups is 2. The van der Waals surface area contributed by atoms with Gasteiger partial charge in [0.25, 0.3) is 0 Å². The zero-order valence-corrected chi connectivity index (χ0v) is 11.4. The van der Waals surface area contributed by atoms with Gasteiger partial charge in [-0.2, -0.15) is 0 Å². The lowest BCUT2D eigenvalue weighted by atomic mass is 10.1. The molecule has 1 aromatic carbocycles. The molecule has 0 spiro atoms. The highest BCUT2D eigenvalue weighted by molar-refractivity contribution is 6.30. The number of ether oxygens (including phenoxy) is 1. The number of nitrogens with one attached hydrogen (secondary N) is 1. The minimum atomic E-state index is -1.28. The first-order chi connectivity index (χ1) is 9.04. The Balaban J connectivity index is 2.36. The van der Waals surface area contributed by atoms with Gasteiger partial charge in [-0.25, -0.2) is 4.79 Å². The topological polar surface area (TPSA) is 81.4 Å². The fourth-order valence-corrected chi connectivity index (χ4v) is 1.68. The first kappa shape index (κ1) is 15.5. The van der Waals surface area contributed by atoms with E-state index < -0.39 is 17.9 Å². The van der Waals surface area contributed by atoms with Crippen LogP contribution < -0.4 is 11.1 Å². The Labute approximate surface area is 117 Å². The second-order valence-corrected chi connectivity index (χ2v) is 4.34. The van der Waals surface area contributed by atoms with Gasteiger partial charge in [-0.1, -0.05) is 23.7 Å². The molecule has 1 unspecified atom stereocenters. The number of hydrogen-bond acceptors (Lipinski definition) is 4. The maximum absolute atomic E-state index is 11.6. The van der Waals surface area contributed by atoms with Gasteiger partial charge in [0.05, 0.1) is 6.61 Å². The first-order valence-electron chi connectivity index (χ1n) is 5.99. The molecule has 5 nitrogen and oxygen atoms in total. The first-order valence-corrected chi connectivity index (χ1v) is 6.36. The van der Waals surface area contributed by atoms with Crippen LogP contribution in [0.1, 0.15) is 12.5 Å². The van der Waals surface area contributed by atoms with E-state index in [2.05, 4.69) is 10.1 Å². The molecule has 0 aliphatic heterocycles. The lowest BCUT2D eigenvalue weighted by Crippen LogP contribution is -2.47. The molecular weight excluding hydrogens is 268 g/mol. The van der Waals surface area contributed by atoms with Crippen molar-refractivity contribution in [3.63, 3.8) is 0 Å². The van der Waals surface area contributed by atoms with Crippen LogP contribution in [0, 0.1) is 0 Å².